The van der Waals surface area contributed by atoms with Crippen molar-refractivity contribution in [2.75, 3.05) is 51.1 Å². The largest absolute Gasteiger partial charge is 0.507 e. The van der Waals surface area contributed by atoms with Crippen molar-refractivity contribution in [2.24, 2.45) is 0 Å². The first-order valence-corrected chi connectivity index (χ1v) is 11.2. The first kappa shape index (κ1) is 19.8. The number of morpholine rings is 1. The van der Waals surface area contributed by atoms with Crippen LogP contribution in [-0.4, -0.2) is 51.3 Å². The van der Waals surface area contributed by atoms with E-state index in [0.717, 1.165) is 5.69 Å². The van der Waals surface area contributed by atoms with Crippen molar-refractivity contribution in [3.05, 3.63) is 40.6 Å². The molecule has 0 saturated carbocycles. The molecule has 29 heavy (non-hydrogen) atoms. The van der Waals surface area contributed by atoms with Crippen LogP contribution in [0.5, 0.6) is 11.5 Å². The summed E-state index contributed by atoms with van der Waals surface area (Å²) in [6, 6.07) is 8.24. The number of ether oxygens (including phenoxy) is 2. The van der Waals surface area contributed by atoms with E-state index in [4.69, 9.17) is 18.4 Å². The Balaban J connectivity index is 1.69. The highest BCUT2D eigenvalue weighted by molar-refractivity contribution is 7.38. The summed E-state index contributed by atoms with van der Waals surface area (Å²) < 4.78 is 32.9. The Bertz CT molecular complexity index is 1120. The number of benzene rings is 2. The molecule has 1 N–H and O–H groups in total. The van der Waals surface area contributed by atoms with Crippen LogP contribution in [0.15, 0.2) is 39.5 Å². The zero-order valence-corrected chi connectivity index (χ0v) is 17.0. The first-order chi connectivity index (χ1) is 14.0. The van der Waals surface area contributed by atoms with Gasteiger partial charge in [0, 0.05) is 43.6 Å². The Kier molecular flexibility index (Phi) is 5.76. The quantitative estimate of drug-likeness (QED) is 0.370. The van der Waals surface area contributed by atoms with Gasteiger partial charge in [0.1, 0.15) is 34.7 Å². The normalized spacial score (nSPS) is 15.7. The van der Waals surface area contributed by atoms with Crippen LogP contribution in [0.1, 0.15) is 0 Å². The molecule has 0 bridgehead atoms. The lowest BCUT2D eigenvalue weighted by Crippen LogP contribution is -2.36. The van der Waals surface area contributed by atoms with Crippen molar-refractivity contribution in [3.63, 3.8) is 0 Å². The van der Waals surface area contributed by atoms with Crippen molar-refractivity contribution < 1.29 is 28.1 Å². The van der Waals surface area contributed by atoms with Crippen molar-refractivity contribution in [1.29, 1.82) is 0 Å². The molecule has 9 heteroatoms. The molecule has 1 saturated heterocycles. The van der Waals surface area contributed by atoms with Crippen LogP contribution in [0.4, 0.5) is 5.69 Å². The number of aromatic hydroxyl groups is 1. The van der Waals surface area contributed by atoms with Crippen molar-refractivity contribution in [3.8, 4) is 11.5 Å². The number of rotatable bonds is 6. The van der Waals surface area contributed by atoms with Gasteiger partial charge in [-0.3, -0.25) is 9.36 Å². The third-order valence-electron chi connectivity index (χ3n) is 4.74. The fourth-order valence-electron chi connectivity index (χ4n) is 3.36. The minimum atomic E-state index is -2.00. The number of anilines is 1. The van der Waals surface area contributed by atoms with Gasteiger partial charge in [-0.05, 0) is 12.1 Å². The minimum Gasteiger partial charge on any atom is -0.507 e. The van der Waals surface area contributed by atoms with Gasteiger partial charge in [0.15, 0.2) is 8.03 Å². The van der Waals surface area contributed by atoms with Crippen molar-refractivity contribution >= 4 is 35.7 Å². The van der Waals surface area contributed by atoms with Crippen LogP contribution in [0.3, 0.4) is 0 Å². The van der Waals surface area contributed by atoms with Gasteiger partial charge in [0.05, 0.1) is 25.2 Å². The lowest BCUT2D eigenvalue weighted by molar-refractivity contribution is 0.122. The maximum absolute atomic E-state index is 12.9. The molecule has 0 spiro atoms. The highest BCUT2D eigenvalue weighted by atomic mass is 31.1. The summed E-state index contributed by atoms with van der Waals surface area (Å²) in [4.78, 5) is 15.0. The summed E-state index contributed by atoms with van der Waals surface area (Å²) in [5.41, 5.74) is 1.16. The SMILES string of the molecule is C[PH](=O)OCCOc1ccc2c(=O)c3c(O)cc(N4CCOCC4)cc3oc2c1. The van der Waals surface area contributed by atoms with E-state index in [2.05, 4.69) is 4.90 Å². The summed E-state index contributed by atoms with van der Waals surface area (Å²) in [5, 5.41) is 11.0. The van der Waals surface area contributed by atoms with Gasteiger partial charge in [0.25, 0.3) is 0 Å². The molecule has 0 amide bonds. The Morgan fingerprint density at radius 2 is 1.93 bits per heavy atom. The molecule has 2 heterocycles. The van der Waals surface area contributed by atoms with Gasteiger partial charge in [0.2, 0.25) is 5.43 Å². The lowest BCUT2D eigenvalue weighted by atomic mass is 10.1. The smallest absolute Gasteiger partial charge is 0.204 e. The maximum atomic E-state index is 12.9. The van der Waals surface area contributed by atoms with Crippen LogP contribution in [0.25, 0.3) is 21.9 Å². The third-order valence-corrected chi connectivity index (χ3v) is 5.36. The standard InChI is InChI=1S/C20H22NO7P/c1-29(24)27-9-8-26-14-2-3-15-17(12-14)28-18-11-13(21-4-6-25-7-5-21)10-16(22)19(18)20(15)23/h2-3,10-12,22,29H,4-9H2,1H3. The predicted molar refractivity (Wildman–Crippen MR) is 111 cm³/mol. The van der Waals surface area contributed by atoms with Crippen molar-refractivity contribution in [1.82, 2.24) is 0 Å². The van der Waals surface area contributed by atoms with E-state index in [9.17, 15) is 14.5 Å². The van der Waals surface area contributed by atoms with Gasteiger partial charge in [-0.15, -0.1) is 0 Å². The van der Waals surface area contributed by atoms with Gasteiger partial charge >= 0.3 is 0 Å². The molecule has 1 aromatic heterocycles. The number of phenolic OH excluding ortho intramolecular Hbond substituents is 1. The number of hydrogen-bond acceptors (Lipinski definition) is 8. The van der Waals surface area contributed by atoms with E-state index in [1.165, 1.54) is 6.66 Å². The van der Waals surface area contributed by atoms with E-state index in [1.807, 2.05) is 0 Å². The summed E-state index contributed by atoms with van der Waals surface area (Å²) in [6.07, 6.45) is 0. The summed E-state index contributed by atoms with van der Waals surface area (Å²) in [7, 11) is -2.00. The number of phenols is 1. The topological polar surface area (TPSA) is 98.4 Å². The lowest BCUT2D eigenvalue weighted by Gasteiger charge is -2.29. The van der Waals surface area contributed by atoms with E-state index in [1.54, 1.807) is 30.3 Å². The monoisotopic (exact) mass is 419 g/mol. The summed E-state index contributed by atoms with van der Waals surface area (Å²) in [6.45, 7) is 4.58. The molecule has 8 nitrogen and oxygen atoms in total. The van der Waals surface area contributed by atoms with Gasteiger partial charge in [-0.25, -0.2) is 0 Å². The van der Waals surface area contributed by atoms with Crippen LogP contribution >= 0.6 is 8.03 Å². The molecular formula is C20H22NO7P. The highest BCUT2D eigenvalue weighted by Gasteiger charge is 2.17. The number of hydrogen-bond donors (Lipinski definition) is 1. The fourth-order valence-corrected chi connectivity index (χ4v) is 3.73. The molecule has 0 radical (unpaired) electrons. The second-order valence-corrected chi connectivity index (χ2v) is 7.99. The van der Waals surface area contributed by atoms with Crippen molar-refractivity contribution in [2.45, 2.75) is 0 Å². The average Bonchev–Trinajstić information content (AvgIpc) is 2.71. The van der Waals surface area contributed by atoms with Gasteiger partial charge < -0.3 is 28.4 Å². The van der Waals surface area contributed by atoms with E-state index < -0.39 is 8.03 Å². The van der Waals surface area contributed by atoms with Gasteiger partial charge in [-0.2, -0.15) is 0 Å². The molecular weight excluding hydrogens is 397 g/mol. The average molecular weight is 419 g/mol. The van der Waals surface area contributed by atoms with Crippen LogP contribution in [0.2, 0.25) is 0 Å². The molecule has 3 aromatic rings. The number of fused-ring (bicyclic) bond motifs is 2. The molecule has 0 aliphatic carbocycles. The molecule has 2 aromatic carbocycles. The zero-order chi connectivity index (χ0) is 20.4. The maximum Gasteiger partial charge on any atom is 0.204 e. The van der Waals surface area contributed by atoms with Gasteiger partial charge in [-0.1, -0.05) is 0 Å². The van der Waals surface area contributed by atoms with E-state index in [0.29, 0.717) is 48.6 Å². The Morgan fingerprint density at radius 1 is 1.14 bits per heavy atom. The fraction of sp³-hybridized carbons (Fsp3) is 0.350. The molecule has 1 aliphatic heterocycles. The Hall–Kier alpha value is -2.54. The van der Waals surface area contributed by atoms with E-state index >= 15 is 0 Å². The highest BCUT2D eigenvalue weighted by Crippen LogP contribution is 2.32. The molecule has 1 aliphatic rings. The van der Waals surface area contributed by atoms with E-state index in [-0.39, 0.29) is 29.8 Å². The number of nitrogens with zero attached hydrogens (tertiary/aromatic N) is 1. The molecule has 1 unspecified atom stereocenters. The Morgan fingerprint density at radius 3 is 2.69 bits per heavy atom. The first-order valence-electron chi connectivity index (χ1n) is 9.35. The van der Waals surface area contributed by atoms with Crippen LogP contribution in [0, 0.1) is 0 Å². The Labute approximate surface area is 167 Å². The molecule has 1 fully saturated rings. The predicted octanol–water partition coefficient (Wildman–Crippen LogP) is 2.99. The van der Waals surface area contributed by atoms with Crippen LogP contribution < -0.4 is 15.1 Å². The summed E-state index contributed by atoms with van der Waals surface area (Å²) in [5.74, 6) is 0.403. The molecule has 4 rings (SSSR count). The van der Waals surface area contributed by atoms with Crippen LogP contribution in [-0.2, 0) is 13.8 Å². The zero-order valence-electron chi connectivity index (χ0n) is 16.0. The third kappa shape index (κ3) is 4.24. The minimum absolute atomic E-state index is 0.105. The second kappa shape index (κ2) is 8.45. The molecule has 1 atom stereocenters. The summed E-state index contributed by atoms with van der Waals surface area (Å²) >= 11 is 0. The molecule has 154 valence electrons. The second-order valence-electron chi connectivity index (χ2n) is 6.72.